The summed E-state index contributed by atoms with van der Waals surface area (Å²) in [5.74, 6) is 0.414. The van der Waals surface area contributed by atoms with E-state index in [4.69, 9.17) is 21.1 Å². The average Bonchev–Trinajstić information content (AvgIpc) is 3.26. The summed E-state index contributed by atoms with van der Waals surface area (Å²) in [6, 6.07) is 12.0. The molecule has 2 aromatic rings. The number of carbonyl (C=O) groups excluding carboxylic acids is 1. The SMILES string of the molecule is Cc1cccc(OCCCNC(=O)c2ccc(Cl)c(S(=O)(=O)NC[C@@H]3CCCO3)c2)c1. The Hall–Kier alpha value is -2.13. The van der Waals surface area contributed by atoms with Crippen LogP contribution in [0.2, 0.25) is 5.02 Å². The molecule has 0 saturated carbocycles. The number of aryl methyl sites for hydroxylation is 1. The number of carbonyl (C=O) groups is 1. The summed E-state index contributed by atoms with van der Waals surface area (Å²) in [5.41, 5.74) is 1.34. The highest BCUT2D eigenvalue weighted by molar-refractivity contribution is 7.89. The zero-order valence-corrected chi connectivity index (χ0v) is 19.0. The number of rotatable bonds is 10. The molecule has 9 heteroatoms. The van der Waals surface area contributed by atoms with Crippen LogP contribution in [-0.4, -0.2) is 46.7 Å². The van der Waals surface area contributed by atoms with Gasteiger partial charge in [0.1, 0.15) is 10.6 Å². The summed E-state index contributed by atoms with van der Waals surface area (Å²) in [6.07, 6.45) is 2.20. The fourth-order valence-corrected chi connectivity index (χ4v) is 4.80. The molecule has 0 aliphatic carbocycles. The molecule has 0 aromatic heterocycles. The second kappa shape index (κ2) is 10.9. The van der Waals surface area contributed by atoms with E-state index in [0.717, 1.165) is 24.2 Å². The highest BCUT2D eigenvalue weighted by Crippen LogP contribution is 2.23. The highest BCUT2D eigenvalue weighted by atomic mass is 35.5. The maximum atomic E-state index is 12.6. The Bertz CT molecular complexity index is 1010. The van der Waals surface area contributed by atoms with Crippen LogP contribution in [0.1, 0.15) is 35.2 Å². The van der Waals surface area contributed by atoms with Crippen molar-refractivity contribution in [1.29, 1.82) is 0 Å². The summed E-state index contributed by atoms with van der Waals surface area (Å²) in [7, 11) is -3.86. The van der Waals surface area contributed by atoms with Crippen LogP contribution in [0.3, 0.4) is 0 Å². The molecule has 31 heavy (non-hydrogen) atoms. The minimum Gasteiger partial charge on any atom is -0.494 e. The van der Waals surface area contributed by atoms with Crippen molar-refractivity contribution in [3.63, 3.8) is 0 Å². The topological polar surface area (TPSA) is 93.7 Å². The first-order valence-electron chi connectivity index (χ1n) is 10.2. The number of hydrogen-bond donors (Lipinski definition) is 2. The fourth-order valence-electron chi connectivity index (χ4n) is 3.21. The van der Waals surface area contributed by atoms with E-state index < -0.39 is 10.0 Å². The van der Waals surface area contributed by atoms with Gasteiger partial charge in [0.2, 0.25) is 10.0 Å². The zero-order valence-electron chi connectivity index (χ0n) is 17.4. The number of amides is 1. The summed E-state index contributed by atoms with van der Waals surface area (Å²) in [5, 5.41) is 2.83. The molecule has 0 unspecified atom stereocenters. The van der Waals surface area contributed by atoms with E-state index in [-0.39, 0.29) is 34.0 Å². The van der Waals surface area contributed by atoms with Crippen molar-refractivity contribution in [2.24, 2.45) is 0 Å². The lowest BCUT2D eigenvalue weighted by molar-refractivity contribution is 0.0951. The smallest absolute Gasteiger partial charge is 0.251 e. The van der Waals surface area contributed by atoms with Crippen molar-refractivity contribution in [1.82, 2.24) is 10.0 Å². The molecule has 1 atom stereocenters. The predicted molar refractivity (Wildman–Crippen MR) is 119 cm³/mol. The third-order valence-corrected chi connectivity index (χ3v) is 6.78. The number of nitrogens with one attached hydrogen (secondary N) is 2. The summed E-state index contributed by atoms with van der Waals surface area (Å²) < 4.78 is 38.9. The van der Waals surface area contributed by atoms with Crippen LogP contribution < -0.4 is 14.8 Å². The third-order valence-electron chi connectivity index (χ3n) is 4.87. The van der Waals surface area contributed by atoms with Crippen LogP contribution in [0.25, 0.3) is 0 Å². The van der Waals surface area contributed by atoms with Gasteiger partial charge in [-0.1, -0.05) is 23.7 Å². The molecule has 1 heterocycles. The van der Waals surface area contributed by atoms with Crippen molar-refractivity contribution in [3.05, 3.63) is 58.6 Å². The molecular formula is C22H27ClN2O5S. The molecule has 1 fully saturated rings. The lowest BCUT2D eigenvalue weighted by Gasteiger charge is -2.13. The monoisotopic (exact) mass is 466 g/mol. The van der Waals surface area contributed by atoms with Crippen molar-refractivity contribution < 1.29 is 22.7 Å². The van der Waals surface area contributed by atoms with Crippen LogP contribution >= 0.6 is 11.6 Å². The van der Waals surface area contributed by atoms with Gasteiger partial charge in [-0.2, -0.15) is 0 Å². The summed E-state index contributed by atoms with van der Waals surface area (Å²) >= 11 is 6.10. The molecule has 0 bridgehead atoms. The quantitative estimate of drug-likeness (QED) is 0.524. The van der Waals surface area contributed by atoms with Gasteiger partial charge in [-0.15, -0.1) is 0 Å². The van der Waals surface area contributed by atoms with Gasteiger partial charge in [0.15, 0.2) is 0 Å². The molecule has 0 spiro atoms. The lowest BCUT2D eigenvalue weighted by Crippen LogP contribution is -2.32. The molecule has 2 aromatic carbocycles. The van der Waals surface area contributed by atoms with Gasteiger partial charge in [0.05, 0.1) is 17.7 Å². The summed E-state index contributed by atoms with van der Waals surface area (Å²) in [6.45, 7) is 3.66. The second-order valence-corrected chi connectivity index (χ2v) is 9.55. The van der Waals surface area contributed by atoms with Gasteiger partial charge in [-0.3, -0.25) is 4.79 Å². The van der Waals surface area contributed by atoms with Crippen LogP contribution in [0.15, 0.2) is 47.4 Å². The Morgan fingerprint density at radius 3 is 2.84 bits per heavy atom. The Kier molecular flexibility index (Phi) is 8.31. The molecule has 7 nitrogen and oxygen atoms in total. The van der Waals surface area contributed by atoms with E-state index in [1.54, 1.807) is 0 Å². The van der Waals surface area contributed by atoms with E-state index in [1.807, 2.05) is 31.2 Å². The minimum atomic E-state index is -3.86. The molecule has 2 N–H and O–H groups in total. The number of halogens is 1. The molecule has 3 rings (SSSR count). The van der Waals surface area contributed by atoms with Gasteiger partial charge in [-0.05, 0) is 62.1 Å². The number of hydrogen-bond acceptors (Lipinski definition) is 5. The molecule has 1 aliphatic heterocycles. The maximum Gasteiger partial charge on any atom is 0.251 e. The van der Waals surface area contributed by atoms with Crippen molar-refractivity contribution in [2.45, 2.75) is 37.2 Å². The van der Waals surface area contributed by atoms with E-state index >= 15 is 0 Å². The van der Waals surface area contributed by atoms with Gasteiger partial charge >= 0.3 is 0 Å². The number of sulfonamides is 1. The first-order chi connectivity index (χ1) is 14.8. The molecule has 1 aliphatic rings. The van der Waals surface area contributed by atoms with Crippen LogP contribution in [0.4, 0.5) is 0 Å². The van der Waals surface area contributed by atoms with E-state index in [9.17, 15) is 13.2 Å². The normalized spacial score (nSPS) is 16.3. The lowest BCUT2D eigenvalue weighted by atomic mass is 10.2. The van der Waals surface area contributed by atoms with Crippen molar-refractivity contribution in [3.8, 4) is 5.75 Å². The minimum absolute atomic E-state index is 0.0583. The highest BCUT2D eigenvalue weighted by Gasteiger charge is 2.23. The molecule has 1 saturated heterocycles. The third kappa shape index (κ3) is 6.93. The van der Waals surface area contributed by atoms with Crippen LogP contribution in [-0.2, 0) is 14.8 Å². The first kappa shape index (κ1) is 23.5. The van der Waals surface area contributed by atoms with Crippen LogP contribution in [0.5, 0.6) is 5.75 Å². The zero-order chi connectivity index (χ0) is 22.3. The standard InChI is InChI=1S/C22H27ClN2O5S/c1-16-5-2-6-18(13-16)29-12-4-10-24-22(26)17-8-9-20(23)21(14-17)31(27,28)25-15-19-7-3-11-30-19/h2,5-6,8-9,13-14,19,25H,3-4,7,10-12,15H2,1H3,(H,24,26)/t19-/m0/s1. The van der Waals surface area contributed by atoms with E-state index in [1.165, 1.54) is 18.2 Å². The summed E-state index contributed by atoms with van der Waals surface area (Å²) in [4.78, 5) is 12.3. The average molecular weight is 467 g/mol. The van der Waals surface area contributed by atoms with Crippen molar-refractivity contribution >= 4 is 27.5 Å². The Balaban J connectivity index is 1.51. The maximum absolute atomic E-state index is 12.6. The molecule has 168 valence electrons. The van der Waals surface area contributed by atoms with E-state index in [2.05, 4.69) is 10.0 Å². The van der Waals surface area contributed by atoms with Gasteiger partial charge < -0.3 is 14.8 Å². The second-order valence-electron chi connectivity index (χ2n) is 7.41. The number of ether oxygens (including phenoxy) is 2. The molecule has 1 amide bonds. The molecule has 0 radical (unpaired) electrons. The Morgan fingerprint density at radius 1 is 1.26 bits per heavy atom. The van der Waals surface area contributed by atoms with Gasteiger partial charge in [0, 0.05) is 25.3 Å². The predicted octanol–water partition coefficient (Wildman–Crippen LogP) is 3.30. The Morgan fingerprint density at radius 2 is 2.10 bits per heavy atom. The van der Waals surface area contributed by atoms with Crippen LogP contribution in [0, 0.1) is 6.92 Å². The van der Waals surface area contributed by atoms with Crippen molar-refractivity contribution in [2.75, 3.05) is 26.3 Å². The number of benzene rings is 2. The first-order valence-corrected chi connectivity index (χ1v) is 12.1. The molecular weight excluding hydrogens is 440 g/mol. The largest absolute Gasteiger partial charge is 0.494 e. The Labute approximate surface area is 188 Å². The fraction of sp³-hybridized carbons (Fsp3) is 0.409. The van der Waals surface area contributed by atoms with Gasteiger partial charge in [-0.25, -0.2) is 13.1 Å². The van der Waals surface area contributed by atoms with Gasteiger partial charge in [0.25, 0.3) is 5.91 Å². The van der Waals surface area contributed by atoms with E-state index in [0.29, 0.717) is 26.2 Å².